The topological polar surface area (TPSA) is 44.0 Å². The zero-order chi connectivity index (χ0) is 13.0. The minimum Gasteiger partial charge on any atom is -0.342 e. The van der Waals surface area contributed by atoms with Crippen LogP contribution >= 0.6 is 0 Å². The Hall–Kier alpha value is -1.39. The predicted octanol–water partition coefficient (Wildman–Crippen LogP) is 1.91. The van der Waals surface area contributed by atoms with Crippen LogP contribution in [0, 0.1) is 6.92 Å². The zero-order valence-corrected chi connectivity index (χ0v) is 11.5. The molecule has 4 heteroatoms. The number of aromatic nitrogens is 2. The number of aromatic amines is 1. The van der Waals surface area contributed by atoms with Gasteiger partial charge in [0.2, 0.25) is 0 Å². The highest BCUT2D eigenvalue weighted by atomic mass is 15.1. The Morgan fingerprint density at radius 2 is 2.22 bits per heavy atom. The number of aryl methyl sites for hydroxylation is 1. The van der Waals surface area contributed by atoms with Gasteiger partial charge < -0.3 is 15.2 Å². The van der Waals surface area contributed by atoms with Gasteiger partial charge in [0.15, 0.2) is 0 Å². The maximum Gasteiger partial charge on any atom is 0.104 e. The first kappa shape index (κ1) is 13.1. The van der Waals surface area contributed by atoms with Crippen LogP contribution in [0.15, 0.2) is 18.2 Å². The summed E-state index contributed by atoms with van der Waals surface area (Å²) in [6.45, 7) is 8.23. The SMILES string of the molecule is CCNCCN(C)Cc1ccc2nc(C)[nH]c2c1. The Bertz CT molecular complexity index is 503. The number of hydrogen-bond acceptors (Lipinski definition) is 3. The molecule has 0 aliphatic rings. The number of fused-ring (bicyclic) bond motifs is 1. The summed E-state index contributed by atoms with van der Waals surface area (Å²) in [5, 5.41) is 3.34. The van der Waals surface area contributed by atoms with E-state index in [1.807, 2.05) is 6.92 Å². The first-order chi connectivity index (χ1) is 8.69. The minimum absolute atomic E-state index is 0.972. The first-order valence-corrected chi connectivity index (χ1v) is 6.53. The summed E-state index contributed by atoms with van der Waals surface area (Å²) in [7, 11) is 2.15. The van der Waals surface area contributed by atoms with Crippen molar-refractivity contribution in [3.63, 3.8) is 0 Å². The van der Waals surface area contributed by atoms with E-state index in [4.69, 9.17) is 0 Å². The van der Waals surface area contributed by atoms with Gasteiger partial charge in [-0.25, -0.2) is 4.98 Å². The summed E-state index contributed by atoms with van der Waals surface area (Å²) in [5.41, 5.74) is 3.50. The van der Waals surface area contributed by atoms with Crippen LogP contribution in [0.4, 0.5) is 0 Å². The van der Waals surface area contributed by atoms with Crippen LogP contribution in [-0.2, 0) is 6.54 Å². The van der Waals surface area contributed by atoms with Crippen LogP contribution in [0.25, 0.3) is 11.0 Å². The Morgan fingerprint density at radius 1 is 1.39 bits per heavy atom. The number of nitrogens with one attached hydrogen (secondary N) is 2. The number of imidazole rings is 1. The number of nitrogens with zero attached hydrogens (tertiary/aromatic N) is 2. The first-order valence-electron chi connectivity index (χ1n) is 6.53. The molecule has 0 saturated carbocycles. The molecule has 0 aliphatic carbocycles. The van der Waals surface area contributed by atoms with Crippen molar-refractivity contribution in [2.24, 2.45) is 0 Å². The van der Waals surface area contributed by atoms with Crippen LogP contribution in [0.3, 0.4) is 0 Å². The Morgan fingerprint density at radius 3 is 3.00 bits per heavy atom. The molecule has 0 atom stereocenters. The van der Waals surface area contributed by atoms with E-state index < -0.39 is 0 Å². The van der Waals surface area contributed by atoms with E-state index in [2.05, 4.69) is 52.4 Å². The number of hydrogen-bond donors (Lipinski definition) is 2. The third-order valence-corrected chi connectivity index (χ3v) is 3.04. The van der Waals surface area contributed by atoms with Gasteiger partial charge in [-0.3, -0.25) is 0 Å². The second-order valence-electron chi connectivity index (χ2n) is 4.77. The third-order valence-electron chi connectivity index (χ3n) is 3.04. The van der Waals surface area contributed by atoms with Gasteiger partial charge in [0, 0.05) is 19.6 Å². The second kappa shape index (κ2) is 5.98. The molecule has 2 aromatic rings. The van der Waals surface area contributed by atoms with E-state index in [1.165, 1.54) is 5.56 Å². The molecule has 0 bridgehead atoms. The average molecular weight is 246 g/mol. The summed E-state index contributed by atoms with van der Waals surface area (Å²) >= 11 is 0. The lowest BCUT2D eigenvalue weighted by Gasteiger charge is -2.16. The average Bonchev–Trinajstić information content (AvgIpc) is 2.69. The van der Waals surface area contributed by atoms with Gasteiger partial charge in [-0.05, 0) is 38.2 Å². The molecular formula is C14H22N4. The van der Waals surface area contributed by atoms with Gasteiger partial charge in [0.05, 0.1) is 11.0 Å². The normalized spacial score (nSPS) is 11.6. The van der Waals surface area contributed by atoms with Crippen molar-refractivity contribution in [2.45, 2.75) is 20.4 Å². The molecule has 0 amide bonds. The van der Waals surface area contributed by atoms with Crippen molar-refractivity contribution in [3.05, 3.63) is 29.6 Å². The van der Waals surface area contributed by atoms with Crippen LogP contribution in [-0.4, -0.2) is 41.5 Å². The second-order valence-corrected chi connectivity index (χ2v) is 4.77. The highest BCUT2D eigenvalue weighted by molar-refractivity contribution is 5.75. The molecule has 1 aromatic heterocycles. The van der Waals surface area contributed by atoms with E-state index in [0.29, 0.717) is 0 Å². The maximum atomic E-state index is 4.41. The standard InChI is InChI=1S/C14H22N4/c1-4-15-7-8-18(3)10-12-5-6-13-14(9-12)17-11(2)16-13/h5-6,9,15H,4,7-8,10H2,1-3H3,(H,16,17). The van der Waals surface area contributed by atoms with Gasteiger partial charge >= 0.3 is 0 Å². The fourth-order valence-electron chi connectivity index (χ4n) is 2.12. The van der Waals surface area contributed by atoms with Crippen LogP contribution in [0.1, 0.15) is 18.3 Å². The molecule has 1 aromatic carbocycles. The van der Waals surface area contributed by atoms with E-state index >= 15 is 0 Å². The molecule has 0 fully saturated rings. The minimum atomic E-state index is 0.972. The molecule has 98 valence electrons. The molecule has 0 spiro atoms. The van der Waals surface area contributed by atoms with E-state index in [0.717, 1.165) is 43.0 Å². The smallest absolute Gasteiger partial charge is 0.104 e. The van der Waals surface area contributed by atoms with Gasteiger partial charge in [0.25, 0.3) is 0 Å². The Labute approximate surface area is 108 Å². The molecule has 18 heavy (non-hydrogen) atoms. The largest absolute Gasteiger partial charge is 0.342 e. The quantitative estimate of drug-likeness (QED) is 0.765. The Kier molecular flexibility index (Phi) is 4.33. The third kappa shape index (κ3) is 3.31. The molecule has 0 radical (unpaired) electrons. The van der Waals surface area contributed by atoms with Gasteiger partial charge in [-0.1, -0.05) is 13.0 Å². The van der Waals surface area contributed by atoms with Crippen molar-refractivity contribution in [3.8, 4) is 0 Å². The van der Waals surface area contributed by atoms with Crippen LogP contribution in [0.2, 0.25) is 0 Å². The summed E-state index contributed by atoms with van der Waals surface area (Å²) < 4.78 is 0. The van der Waals surface area contributed by atoms with E-state index in [-0.39, 0.29) is 0 Å². The fraction of sp³-hybridized carbons (Fsp3) is 0.500. The van der Waals surface area contributed by atoms with Crippen molar-refractivity contribution in [2.75, 3.05) is 26.7 Å². The zero-order valence-electron chi connectivity index (χ0n) is 11.5. The van der Waals surface area contributed by atoms with E-state index in [9.17, 15) is 0 Å². The van der Waals surface area contributed by atoms with Crippen molar-refractivity contribution in [1.29, 1.82) is 0 Å². The van der Waals surface area contributed by atoms with Gasteiger partial charge in [-0.2, -0.15) is 0 Å². The summed E-state index contributed by atoms with van der Waals surface area (Å²) in [4.78, 5) is 10.0. The summed E-state index contributed by atoms with van der Waals surface area (Å²) in [5.74, 6) is 0.975. The number of H-pyrrole nitrogens is 1. The monoisotopic (exact) mass is 246 g/mol. The number of likely N-dealkylation sites (N-methyl/N-ethyl adjacent to an activating group) is 2. The lowest BCUT2D eigenvalue weighted by atomic mass is 10.2. The highest BCUT2D eigenvalue weighted by Crippen LogP contribution is 2.14. The predicted molar refractivity (Wildman–Crippen MR) is 75.7 cm³/mol. The molecule has 1 heterocycles. The van der Waals surface area contributed by atoms with Crippen molar-refractivity contribution < 1.29 is 0 Å². The molecular weight excluding hydrogens is 224 g/mol. The molecule has 2 rings (SSSR count). The van der Waals surface area contributed by atoms with Crippen LogP contribution in [0.5, 0.6) is 0 Å². The molecule has 2 N–H and O–H groups in total. The molecule has 0 unspecified atom stereocenters. The van der Waals surface area contributed by atoms with Gasteiger partial charge in [0.1, 0.15) is 5.82 Å². The maximum absolute atomic E-state index is 4.41. The molecule has 0 saturated heterocycles. The number of rotatable bonds is 6. The van der Waals surface area contributed by atoms with Gasteiger partial charge in [-0.15, -0.1) is 0 Å². The lowest BCUT2D eigenvalue weighted by molar-refractivity contribution is 0.326. The van der Waals surface area contributed by atoms with Crippen molar-refractivity contribution in [1.82, 2.24) is 20.2 Å². The van der Waals surface area contributed by atoms with E-state index in [1.54, 1.807) is 0 Å². The molecule has 4 nitrogen and oxygen atoms in total. The Balaban J connectivity index is 1.98. The number of benzene rings is 1. The summed E-state index contributed by atoms with van der Waals surface area (Å²) in [6, 6.07) is 6.44. The van der Waals surface area contributed by atoms with Crippen LogP contribution < -0.4 is 5.32 Å². The summed E-state index contributed by atoms with van der Waals surface area (Å²) in [6.07, 6.45) is 0. The lowest BCUT2D eigenvalue weighted by Crippen LogP contribution is -2.28. The highest BCUT2D eigenvalue weighted by Gasteiger charge is 2.03. The molecule has 0 aliphatic heterocycles. The van der Waals surface area contributed by atoms with Crippen molar-refractivity contribution >= 4 is 11.0 Å². The fourth-order valence-corrected chi connectivity index (χ4v) is 2.12.